The minimum Gasteiger partial charge on any atom is -0.332 e. The predicted molar refractivity (Wildman–Crippen MR) is 190 cm³/mol. The summed E-state index contributed by atoms with van der Waals surface area (Å²) in [6.45, 7) is 20.5. The summed E-state index contributed by atoms with van der Waals surface area (Å²) in [6.07, 6.45) is 12.9. The molecule has 0 spiro atoms. The topological polar surface area (TPSA) is 113 Å². The van der Waals surface area contributed by atoms with Crippen molar-refractivity contribution in [3.63, 3.8) is 0 Å². The summed E-state index contributed by atoms with van der Waals surface area (Å²) in [5.74, 6) is 0.986. The first kappa shape index (κ1) is 38.8. The lowest BCUT2D eigenvalue weighted by atomic mass is 9.82. The monoisotopic (exact) mass is 669 g/mol. The van der Waals surface area contributed by atoms with E-state index in [4.69, 9.17) is 6.42 Å². The van der Waals surface area contributed by atoms with Gasteiger partial charge in [-0.3, -0.25) is 19.2 Å². The molecule has 3 aliphatic rings. The molecule has 0 aromatic carbocycles. The Morgan fingerprint density at radius 1 is 1.06 bits per heavy atom. The molecule has 1 saturated heterocycles. The maximum atomic E-state index is 14.4. The van der Waals surface area contributed by atoms with Gasteiger partial charge in [-0.25, -0.2) is 4.79 Å². The van der Waals surface area contributed by atoms with Crippen LogP contribution in [0.15, 0.2) is 12.7 Å². The summed E-state index contributed by atoms with van der Waals surface area (Å²) in [4.78, 5) is 69.7. The van der Waals surface area contributed by atoms with Crippen molar-refractivity contribution >= 4 is 41.0 Å². The molecule has 0 radical (unpaired) electrons. The smallest absolute Gasteiger partial charge is 0.315 e. The number of terminal acetylenes is 1. The standard InChI is InChI=1S/C38H59N3O5S/c1-11-13-18-25(31(44)27(42)19-14-12-2)22-28(43)30-29-26(37(29,9)10)23-41(30)33(45)32(35(3,4)5)39-34(46)40-38(20-16-15-17-21-38)24-47-36(6,7)8/h1,12,25-26,29-30,32H,2,13-24H2,3-10H3,(H2,39,40,46)/t25?,26?,29-,30+,32+/m0/s1. The third-order valence-corrected chi connectivity index (χ3v) is 12.0. The number of carbonyl (C=O) groups is 5. The van der Waals surface area contributed by atoms with Crippen LogP contribution < -0.4 is 10.6 Å². The number of urea groups is 1. The van der Waals surface area contributed by atoms with Gasteiger partial charge in [-0.1, -0.05) is 80.7 Å². The first-order valence-corrected chi connectivity index (χ1v) is 18.4. The number of thioether (sulfide) groups is 1. The van der Waals surface area contributed by atoms with Gasteiger partial charge in [0.25, 0.3) is 0 Å². The molecule has 1 aliphatic heterocycles. The van der Waals surface area contributed by atoms with Gasteiger partial charge in [0, 0.05) is 42.2 Å². The van der Waals surface area contributed by atoms with Crippen molar-refractivity contribution in [1.82, 2.24) is 15.5 Å². The molecular formula is C38H59N3O5S. The van der Waals surface area contributed by atoms with Gasteiger partial charge in [-0.2, -0.15) is 11.8 Å². The van der Waals surface area contributed by atoms with Gasteiger partial charge >= 0.3 is 6.03 Å². The Kier molecular flexibility index (Phi) is 12.6. The van der Waals surface area contributed by atoms with Crippen molar-refractivity contribution in [2.75, 3.05) is 12.3 Å². The molecule has 0 aromatic rings. The van der Waals surface area contributed by atoms with E-state index in [-0.39, 0.29) is 70.9 Å². The van der Waals surface area contributed by atoms with Crippen LogP contribution in [0.1, 0.15) is 120 Å². The number of ketones is 3. The third kappa shape index (κ3) is 9.74. The predicted octanol–water partition coefficient (Wildman–Crippen LogP) is 6.51. The van der Waals surface area contributed by atoms with Crippen LogP contribution in [-0.2, 0) is 19.2 Å². The zero-order valence-electron chi connectivity index (χ0n) is 30.1. The van der Waals surface area contributed by atoms with Gasteiger partial charge in [-0.05, 0) is 48.3 Å². The number of carbonyl (C=O) groups excluding carboxylic acids is 5. The lowest BCUT2D eigenvalue weighted by Gasteiger charge is -2.41. The van der Waals surface area contributed by atoms with Gasteiger partial charge in [0.05, 0.1) is 11.6 Å². The fourth-order valence-electron chi connectivity index (χ4n) is 7.52. The lowest BCUT2D eigenvalue weighted by Crippen LogP contribution is -2.62. The zero-order valence-corrected chi connectivity index (χ0v) is 30.9. The lowest BCUT2D eigenvalue weighted by molar-refractivity contribution is -0.144. The highest BCUT2D eigenvalue weighted by molar-refractivity contribution is 8.00. The second kappa shape index (κ2) is 15.3. The molecule has 2 unspecified atom stereocenters. The number of rotatable bonds is 15. The summed E-state index contributed by atoms with van der Waals surface area (Å²) in [5.41, 5.74) is -1.10. The van der Waals surface area contributed by atoms with Crippen LogP contribution in [0.4, 0.5) is 4.79 Å². The highest BCUT2D eigenvalue weighted by Gasteiger charge is 2.69. The minimum absolute atomic E-state index is 0.0476. The number of Topliss-reactive ketones (excluding diaryl/α,β-unsaturated/α-hetero) is 3. The van der Waals surface area contributed by atoms with E-state index >= 15 is 0 Å². The van der Waals surface area contributed by atoms with Crippen LogP contribution in [0.2, 0.25) is 0 Å². The van der Waals surface area contributed by atoms with Crippen molar-refractivity contribution in [1.29, 1.82) is 0 Å². The van der Waals surface area contributed by atoms with E-state index in [0.717, 1.165) is 37.9 Å². The summed E-state index contributed by atoms with van der Waals surface area (Å²) in [7, 11) is 0. The quantitative estimate of drug-likeness (QED) is 0.117. The fourth-order valence-corrected chi connectivity index (χ4v) is 8.60. The minimum atomic E-state index is -0.867. The zero-order chi connectivity index (χ0) is 35.4. The Bertz CT molecular complexity index is 1250. The number of amides is 3. The number of piperidine rings is 1. The first-order valence-electron chi connectivity index (χ1n) is 17.5. The van der Waals surface area contributed by atoms with E-state index in [1.54, 1.807) is 11.0 Å². The van der Waals surface area contributed by atoms with Crippen LogP contribution in [0, 0.1) is 40.9 Å². The normalized spacial score (nSPS) is 24.2. The molecule has 3 fully saturated rings. The van der Waals surface area contributed by atoms with E-state index in [9.17, 15) is 24.0 Å². The van der Waals surface area contributed by atoms with E-state index < -0.39 is 35.0 Å². The SMILES string of the molecule is C#CCCC(CC(=O)[C@@H]1[C@@H]2C(CN1C(=O)[C@@H](NC(=O)NC1(CSC(C)(C)C)CCCCC1)C(C)(C)C)C2(C)C)C(=O)C(=O)CCC=C. The van der Waals surface area contributed by atoms with Crippen molar-refractivity contribution in [3.8, 4) is 12.3 Å². The van der Waals surface area contributed by atoms with E-state index in [2.05, 4.69) is 57.8 Å². The van der Waals surface area contributed by atoms with Crippen molar-refractivity contribution in [3.05, 3.63) is 12.7 Å². The number of nitrogens with zero attached hydrogens (tertiary/aromatic N) is 1. The summed E-state index contributed by atoms with van der Waals surface area (Å²) < 4.78 is 0.0573. The molecule has 2 saturated carbocycles. The molecular weight excluding hydrogens is 611 g/mol. The van der Waals surface area contributed by atoms with Crippen LogP contribution in [0.3, 0.4) is 0 Å². The first-order chi connectivity index (χ1) is 21.8. The van der Waals surface area contributed by atoms with E-state index in [1.807, 2.05) is 32.5 Å². The van der Waals surface area contributed by atoms with Gasteiger partial charge < -0.3 is 15.5 Å². The Balaban J connectivity index is 1.83. The Morgan fingerprint density at radius 3 is 2.26 bits per heavy atom. The van der Waals surface area contributed by atoms with Crippen LogP contribution in [0.5, 0.6) is 0 Å². The molecule has 47 heavy (non-hydrogen) atoms. The maximum Gasteiger partial charge on any atom is 0.315 e. The second-order valence-corrected chi connectivity index (χ2v) is 18.6. The maximum absolute atomic E-state index is 14.4. The third-order valence-electron chi connectivity index (χ3n) is 10.5. The van der Waals surface area contributed by atoms with Crippen molar-refractivity contribution in [2.45, 2.75) is 142 Å². The molecule has 2 N–H and O–H groups in total. The second-order valence-electron chi connectivity index (χ2n) is 16.8. The Labute approximate surface area is 287 Å². The Hall–Kier alpha value is -2.60. The summed E-state index contributed by atoms with van der Waals surface area (Å²) in [6, 6.07) is -1.96. The number of likely N-dealkylation sites (tertiary alicyclic amines) is 1. The molecule has 2 aliphatic carbocycles. The summed E-state index contributed by atoms with van der Waals surface area (Å²) >= 11 is 1.84. The molecule has 9 heteroatoms. The number of hydrogen-bond donors (Lipinski definition) is 2. The van der Waals surface area contributed by atoms with Crippen LogP contribution >= 0.6 is 11.8 Å². The molecule has 3 amide bonds. The Morgan fingerprint density at radius 2 is 1.70 bits per heavy atom. The van der Waals surface area contributed by atoms with Crippen molar-refractivity contribution in [2.24, 2.45) is 28.6 Å². The fraction of sp³-hybridized carbons (Fsp3) is 0.763. The molecule has 8 nitrogen and oxygen atoms in total. The van der Waals surface area contributed by atoms with E-state index in [0.29, 0.717) is 13.0 Å². The van der Waals surface area contributed by atoms with Gasteiger partial charge in [-0.15, -0.1) is 18.9 Å². The number of nitrogens with one attached hydrogen (secondary N) is 2. The molecule has 0 aromatic heterocycles. The van der Waals surface area contributed by atoms with Gasteiger partial charge in [0.2, 0.25) is 11.7 Å². The van der Waals surface area contributed by atoms with Gasteiger partial charge in [0.1, 0.15) is 6.04 Å². The molecule has 3 rings (SSSR count). The van der Waals surface area contributed by atoms with Gasteiger partial charge in [0.15, 0.2) is 11.6 Å². The summed E-state index contributed by atoms with van der Waals surface area (Å²) in [5, 5.41) is 6.34. The van der Waals surface area contributed by atoms with Crippen molar-refractivity contribution < 1.29 is 24.0 Å². The van der Waals surface area contributed by atoms with Crippen LogP contribution in [-0.4, -0.2) is 68.9 Å². The molecule has 0 bridgehead atoms. The number of hydrogen-bond acceptors (Lipinski definition) is 6. The molecule has 262 valence electrons. The average Bonchev–Trinajstić information content (AvgIpc) is 3.29. The molecule has 5 atom stereocenters. The number of fused-ring (bicyclic) bond motifs is 1. The average molecular weight is 670 g/mol. The highest BCUT2D eigenvalue weighted by Crippen LogP contribution is 2.65. The molecule has 1 heterocycles. The van der Waals surface area contributed by atoms with Crippen LogP contribution in [0.25, 0.3) is 0 Å². The largest absolute Gasteiger partial charge is 0.332 e. The number of allylic oxidation sites excluding steroid dienone is 1. The van der Waals surface area contributed by atoms with E-state index in [1.165, 1.54) is 0 Å². The highest BCUT2D eigenvalue weighted by atomic mass is 32.2.